The van der Waals surface area contributed by atoms with Gasteiger partial charge in [-0.25, -0.2) is 0 Å². The number of carbonyl (C=O) groups is 1. The molecule has 0 bridgehead atoms. The number of carbonyl (C=O) groups excluding carboxylic acids is 1. The van der Waals surface area contributed by atoms with Crippen LogP contribution in [0.1, 0.15) is 46.5 Å². The largest absolute Gasteiger partial charge is 0.451 e. The van der Waals surface area contributed by atoms with Crippen LogP contribution in [-0.4, -0.2) is 19.0 Å². The van der Waals surface area contributed by atoms with E-state index >= 15 is 0 Å². The topological polar surface area (TPSA) is 46.7 Å². The van der Waals surface area contributed by atoms with Gasteiger partial charge >= 0.3 is 0 Å². The van der Waals surface area contributed by atoms with Crippen LogP contribution in [0.15, 0.2) is 52.9 Å². The first-order valence-electron chi connectivity index (χ1n) is 9.88. The fourth-order valence-electron chi connectivity index (χ4n) is 3.95. The fourth-order valence-corrected chi connectivity index (χ4v) is 3.95. The zero-order chi connectivity index (χ0) is 18.6. The first kappa shape index (κ1) is 17.8. The number of likely N-dealkylation sites (tertiary alicyclic amines) is 1. The summed E-state index contributed by atoms with van der Waals surface area (Å²) in [4.78, 5) is 14.2. The second-order valence-electron chi connectivity index (χ2n) is 7.54. The predicted molar refractivity (Wildman–Crippen MR) is 107 cm³/mol. The van der Waals surface area contributed by atoms with Gasteiger partial charge in [-0.05, 0) is 37.8 Å². The molecule has 2 aromatic carbocycles. The van der Waals surface area contributed by atoms with Crippen LogP contribution >= 0.6 is 0 Å². The molecular formula is C23H27N2O2+. The lowest BCUT2D eigenvalue weighted by Crippen LogP contribution is -3.11. The molecule has 0 atom stereocenters. The van der Waals surface area contributed by atoms with Crippen LogP contribution in [-0.2, 0) is 13.1 Å². The summed E-state index contributed by atoms with van der Waals surface area (Å²) in [6.45, 7) is 6.11. The summed E-state index contributed by atoms with van der Waals surface area (Å²) in [7, 11) is 0. The van der Waals surface area contributed by atoms with E-state index in [0.29, 0.717) is 12.3 Å². The Bertz CT molecular complexity index is 921. The molecule has 0 spiro atoms. The van der Waals surface area contributed by atoms with Crippen molar-refractivity contribution in [1.29, 1.82) is 0 Å². The SMILES string of the molecule is Cc1c(C(=O)NCc2ccc(C[NH+]3CCCCC3)cc2)oc2ccccc12. The Morgan fingerprint density at radius 2 is 1.70 bits per heavy atom. The van der Waals surface area contributed by atoms with Gasteiger partial charge in [0.25, 0.3) is 5.91 Å². The Hall–Kier alpha value is -2.59. The Balaban J connectivity index is 1.36. The van der Waals surface area contributed by atoms with Crippen LogP contribution in [0.4, 0.5) is 0 Å². The number of rotatable bonds is 5. The minimum atomic E-state index is -0.162. The van der Waals surface area contributed by atoms with E-state index < -0.39 is 0 Å². The summed E-state index contributed by atoms with van der Waals surface area (Å²) >= 11 is 0. The van der Waals surface area contributed by atoms with Crippen molar-refractivity contribution in [2.24, 2.45) is 0 Å². The summed E-state index contributed by atoms with van der Waals surface area (Å²) in [6.07, 6.45) is 4.08. The summed E-state index contributed by atoms with van der Waals surface area (Å²) in [5.41, 5.74) is 4.12. The maximum absolute atomic E-state index is 12.5. The van der Waals surface area contributed by atoms with Crippen molar-refractivity contribution < 1.29 is 14.1 Å². The molecule has 4 heteroatoms. The van der Waals surface area contributed by atoms with Gasteiger partial charge in [0.1, 0.15) is 12.1 Å². The van der Waals surface area contributed by atoms with Crippen LogP contribution < -0.4 is 10.2 Å². The third kappa shape index (κ3) is 4.06. The van der Waals surface area contributed by atoms with E-state index in [9.17, 15) is 4.79 Å². The second-order valence-corrected chi connectivity index (χ2v) is 7.54. The van der Waals surface area contributed by atoms with E-state index in [1.165, 1.54) is 37.9 Å². The van der Waals surface area contributed by atoms with Gasteiger partial charge in [0, 0.05) is 23.1 Å². The maximum Gasteiger partial charge on any atom is 0.287 e. The monoisotopic (exact) mass is 363 g/mol. The molecule has 1 amide bonds. The highest BCUT2D eigenvalue weighted by atomic mass is 16.3. The van der Waals surface area contributed by atoms with Crippen LogP contribution in [0.3, 0.4) is 0 Å². The lowest BCUT2D eigenvalue weighted by molar-refractivity contribution is -0.918. The van der Waals surface area contributed by atoms with Gasteiger partial charge in [0.05, 0.1) is 13.1 Å². The quantitative estimate of drug-likeness (QED) is 0.731. The summed E-state index contributed by atoms with van der Waals surface area (Å²) in [5.74, 6) is 0.243. The van der Waals surface area contributed by atoms with E-state index in [2.05, 4.69) is 29.6 Å². The molecule has 2 N–H and O–H groups in total. The number of aryl methyl sites for hydroxylation is 1. The van der Waals surface area contributed by atoms with Crippen molar-refractivity contribution in [3.05, 3.63) is 71.0 Å². The molecule has 1 aliphatic heterocycles. The molecule has 0 unspecified atom stereocenters. The number of nitrogens with one attached hydrogen (secondary N) is 2. The molecule has 0 aliphatic carbocycles. The molecule has 4 nitrogen and oxygen atoms in total. The molecule has 0 saturated carbocycles. The van der Waals surface area contributed by atoms with Crippen LogP contribution in [0.2, 0.25) is 0 Å². The smallest absolute Gasteiger partial charge is 0.287 e. The molecule has 1 fully saturated rings. The summed E-state index contributed by atoms with van der Waals surface area (Å²) in [6, 6.07) is 16.4. The molecule has 27 heavy (non-hydrogen) atoms. The van der Waals surface area contributed by atoms with E-state index in [-0.39, 0.29) is 5.91 Å². The van der Waals surface area contributed by atoms with Gasteiger partial charge in [-0.3, -0.25) is 4.79 Å². The van der Waals surface area contributed by atoms with Crippen LogP contribution in [0.25, 0.3) is 11.0 Å². The molecule has 0 radical (unpaired) electrons. The first-order chi connectivity index (χ1) is 13.2. The lowest BCUT2D eigenvalue weighted by atomic mass is 10.1. The molecule has 4 rings (SSSR count). The van der Waals surface area contributed by atoms with Crippen molar-refractivity contribution in [2.45, 2.75) is 39.3 Å². The average molecular weight is 363 g/mol. The number of furan rings is 1. The van der Waals surface area contributed by atoms with Gasteiger partial charge in [0.2, 0.25) is 0 Å². The number of benzene rings is 2. The van der Waals surface area contributed by atoms with Crippen molar-refractivity contribution >= 4 is 16.9 Å². The average Bonchev–Trinajstić information content (AvgIpc) is 3.05. The van der Waals surface area contributed by atoms with Crippen molar-refractivity contribution in [1.82, 2.24) is 5.32 Å². The number of amides is 1. The Morgan fingerprint density at radius 3 is 2.44 bits per heavy atom. The molecular weight excluding hydrogens is 336 g/mol. The molecule has 3 aromatic rings. The highest BCUT2D eigenvalue weighted by molar-refractivity contribution is 5.98. The molecule has 2 heterocycles. The third-order valence-corrected chi connectivity index (χ3v) is 5.54. The number of quaternary nitrogens is 1. The Morgan fingerprint density at radius 1 is 1.00 bits per heavy atom. The van der Waals surface area contributed by atoms with Gasteiger partial charge in [-0.2, -0.15) is 0 Å². The number of para-hydroxylation sites is 1. The highest BCUT2D eigenvalue weighted by Gasteiger charge is 2.17. The molecule has 1 saturated heterocycles. The standard InChI is InChI=1S/C23H26N2O2/c1-17-20-7-3-4-8-21(20)27-22(17)23(26)24-15-18-9-11-19(12-10-18)16-25-13-5-2-6-14-25/h3-4,7-12H,2,5-6,13-16H2,1H3,(H,24,26)/p+1. The van der Waals surface area contributed by atoms with Crippen molar-refractivity contribution in [3.63, 3.8) is 0 Å². The normalized spacial score (nSPS) is 15.1. The van der Waals surface area contributed by atoms with Crippen molar-refractivity contribution in [3.8, 4) is 0 Å². The molecule has 140 valence electrons. The van der Waals surface area contributed by atoms with Crippen LogP contribution in [0, 0.1) is 6.92 Å². The van der Waals surface area contributed by atoms with Gasteiger partial charge in [-0.15, -0.1) is 0 Å². The highest BCUT2D eigenvalue weighted by Crippen LogP contribution is 2.24. The zero-order valence-corrected chi connectivity index (χ0v) is 15.9. The summed E-state index contributed by atoms with van der Waals surface area (Å²) in [5, 5.41) is 3.97. The van der Waals surface area contributed by atoms with Gasteiger partial charge < -0.3 is 14.6 Å². The van der Waals surface area contributed by atoms with Crippen LogP contribution in [0.5, 0.6) is 0 Å². The third-order valence-electron chi connectivity index (χ3n) is 5.54. The number of hydrogen-bond acceptors (Lipinski definition) is 2. The van der Waals surface area contributed by atoms with Gasteiger partial charge in [-0.1, -0.05) is 42.5 Å². The first-order valence-corrected chi connectivity index (χ1v) is 9.88. The lowest BCUT2D eigenvalue weighted by Gasteiger charge is -2.23. The van der Waals surface area contributed by atoms with Gasteiger partial charge in [0.15, 0.2) is 5.76 Å². The fraction of sp³-hybridized carbons (Fsp3) is 0.348. The Labute approximate surface area is 160 Å². The minimum absolute atomic E-state index is 0.162. The van der Waals surface area contributed by atoms with E-state index in [0.717, 1.165) is 28.6 Å². The molecule has 1 aromatic heterocycles. The zero-order valence-electron chi connectivity index (χ0n) is 15.9. The van der Waals surface area contributed by atoms with E-state index in [4.69, 9.17) is 4.42 Å². The van der Waals surface area contributed by atoms with Crippen molar-refractivity contribution in [2.75, 3.05) is 13.1 Å². The second kappa shape index (κ2) is 7.97. The molecule has 1 aliphatic rings. The summed E-state index contributed by atoms with van der Waals surface area (Å²) < 4.78 is 5.74. The number of piperidine rings is 1. The minimum Gasteiger partial charge on any atom is -0.451 e. The van der Waals surface area contributed by atoms with E-state index in [1.54, 1.807) is 4.90 Å². The predicted octanol–water partition coefficient (Wildman–Crippen LogP) is 3.24. The maximum atomic E-state index is 12.5. The Kier molecular flexibility index (Phi) is 5.26. The number of hydrogen-bond donors (Lipinski definition) is 2. The number of fused-ring (bicyclic) bond motifs is 1. The van der Waals surface area contributed by atoms with E-state index in [1.807, 2.05) is 31.2 Å².